The molecule has 1 aliphatic heterocycles. The molecule has 0 bridgehead atoms. The molecule has 3 rings (SSSR count). The van der Waals surface area contributed by atoms with E-state index >= 15 is 0 Å². The number of benzene rings is 1. The molecular formula is C26H26N4O3. The minimum Gasteiger partial charge on any atom is -0.461 e. The molecular weight excluding hydrogens is 416 g/mol. The van der Waals surface area contributed by atoms with E-state index in [4.69, 9.17) is 10.00 Å². The first-order valence-electron chi connectivity index (χ1n) is 10.6. The maximum Gasteiger partial charge on any atom is 0.336 e. The average molecular weight is 443 g/mol. The summed E-state index contributed by atoms with van der Waals surface area (Å²) in [4.78, 5) is 30.4. The van der Waals surface area contributed by atoms with Gasteiger partial charge >= 0.3 is 5.97 Å². The summed E-state index contributed by atoms with van der Waals surface area (Å²) in [6.07, 6.45) is 7.18. The van der Waals surface area contributed by atoms with E-state index in [1.165, 1.54) is 0 Å². The van der Waals surface area contributed by atoms with Crippen molar-refractivity contribution in [2.24, 2.45) is 0 Å². The van der Waals surface area contributed by atoms with Crippen LogP contribution in [-0.2, 0) is 14.3 Å². The maximum absolute atomic E-state index is 13.3. The van der Waals surface area contributed by atoms with Crippen LogP contribution in [0, 0.1) is 11.3 Å². The van der Waals surface area contributed by atoms with Crippen LogP contribution in [0.25, 0.3) is 6.08 Å². The summed E-state index contributed by atoms with van der Waals surface area (Å²) in [6, 6.07) is 15.3. The van der Waals surface area contributed by atoms with E-state index in [-0.39, 0.29) is 18.9 Å². The van der Waals surface area contributed by atoms with Crippen LogP contribution in [-0.4, -0.2) is 30.0 Å². The van der Waals surface area contributed by atoms with Gasteiger partial charge in [-0.15, -0.1) is 0 Å². The van der Waals surface area contributed by atoms with Gasteiger partial charge in [-0.3, -0.25) is 9.78 Å². The highest BCUT2D eigenvalue weighted by molar-refractivity contribution is 6.02. The molecule has 0 radical (unpaired) electrons. The molecule has 1 aliphatic rings. The Labute approximate surface area is 193 Å². The summed E-state index contributed by atoms with van der Waals surface area (Å²) in [7, 11) is 0. The Morgan fingerprint density at radius 1 is 1.15 bits per heavy atom. The first-order chi connectivity index (χ1) is 16.0. The van der Waals surface area contributed by atoms with Crippen molar-refractivity contribution in [2.45, 2.75) is 26.2 Å². The van der Waals surface area contributed by atoms with Crippen LogP contribution < -0.4 is 10.6 Å². The number of carbonyl (C=O) groups excluding carboxylic acids is 2. The fraction of sp³-hybridized carbons (Fsp3) is 0.231. The first-order valence-corrected chi connectivity index (χ1v) is 10.6. The number of esters is 1. The average Bonchev–Trinajstić information content (AvgIpc) is 2.82. The Bertz CT molecular complexity index is 1130. The van der Waals surface area contributed by atoms with E-state index in [0.29, 0.717) is 34.6 Å². The Kier molecular flexibility index (Phi) is 8.14. The minimum atomic E-state index is -0.646. The van der Waals surface area contributed by atoms with Crippen molar-refractivity contribution in [1.29, 1.82) is 5.26 Å². The Balaban J connectivity index is 1.85. The zero-order valence-corrected chi connectivity index (χ0v) is 18.7. The number of rotatable bonds is 8. The lowest BCUT2D eigenvalue weighted by atomic mass is 9.80. The number of allylic oxidation sites excluding steroid dienone is 2. The van der Waals surface area contributed by atoms with E-state index in [1.54, 1.807) is 32.3 Å². The number of carbonyl (C=O) groups is 2. The maximum atomic E-state index is 13.3. The molecule has 7 heteroatoms. The van der Waals surface area contributed by atoms with Gasteiger partial charge in [-0.05, 0) is 31.0 Å². The third-order valence-electron chi connectivity index (χ3n) is 5.18. The van der Waals surface area contributed by atoms with Crippen LogP contribution in [0.3, 0.4) is 0 Å². The van der Waals surface area contributed by atoms with Gasteiger partial charge in [0.05, 0.1) is 24.0 Å². The minimum absolute atomic E-state index is 0.0135. The van der Waals surface area contributed by atoms with Gasteiger partial charge in [0.25, 0.3) is 0 Å². The fourth-order valence-corrected chi connectivity index (χ4v) is 3.72. The fourth-order valence-electron chi connectivity index (χ4n) is 3.72. The van der Waals surface area contributed by atoms with Crippen LogP contribution >= 0.6 is 0 Å². The molecule has 0 saturated heterocycles. The smallest absolute Gasteiger partial charge is 0.336 e. The van der Waals surface area contributed by atoms with Crippen molar-refractivity contribution in [2.75, 3.05) is 13.2 Å². The lowest BCUT2D eigenvalue weighted by Gasteiger charge is -2.30. The number of nitrogens with one attached hydrogen (secondary N) is 2. The Morgan fingerprint density at radius 3 is 2.61 bits per heavy atom. The first kappa shape index (κ1) is 23.5. The van der Waals surface area contributed by atoms with E-state index in [9.17, 15) is 9.59 Å². The van der Waals surface area contributed by atoms with Crippen molar-refractivity contribution in [3.8, 4) is 6.07 Å². The zero-order valence-electron chi connectivity index (χ0n) is 18.7. The standard InChI is InChI=1S/C26H26N4O3/c1-18-22(25(31)29-15-6-11-20-9-4-3-5-10-20)24(21-12-7-14-28-17-21)23(19(2)30-18)26(32)33-16-8-13-27/h3-7,9-12,14,17,24,30H,8,15-16H2,1-2H3,(H,29,31). The van der Waals surface area contributed by atoms with Crippen LogP contribution in [0.15, 0.2) is 83.5 Å². The lowest BCUT2D eigenvalue weighted by Crippen LogP contribution is -2.36. The molecule has 0 aliphatic carbocycles. The van der Waals surface area contributed by atoms with Gasteiger partial charge < -0.3 is 15.4 Å². The third kappa shape index (κ3) is 5.95. The molecule has 1 unspecified atom stereocenters. The molecule has 2 aromatic rings. The van der Waals surface area contributed by atoms with Crippen molar-refractivity contribution >= 4 is 18.0 Å². The molecule has 1 amide bonds. The highest BCUT2D eigenvalue weighted by Crippen LogP contribution is 2.38. The second-order valence-corrected chi connectivity index (χ2v) is 7.49. The highest BCUT2D eigenvalue weighted by atomic mass is 16.5. The molecule has 1 aromatic carbocycles. The summed E-state index contributed by atoms with van der Waals surface area (Å²) in [5.74, 6) is -1.50. The molecule has 33 heavy (non-hydrogen) atoms. The monoisotopic (exact) mass is 442 g/mol. The number of dihydropyridines is 1. The number of hydrogen-bond donors (Lipinski definition) is 2. The van der Waals surface area contributed by atoms with Crippen molar-refractivity contribution < 1.29 is 14.3 Å². The molecule has 0 spiro atoms. The van der Waals surface area contributed by atoms with Crippen molar-refractivity contribution in [3.05, 3.63) is 94.6 Å². The molecule has 1 atom stereocenters. The lowest BCUT2D eigenvalue weighted by molar-refractivity contribution is -0.139. The second-order valence-electron chi connectivity index (χ2n) is 7.49. The molecule has 2 heterocycles. The summed E-state index contributed by atoms with van der Waals surface area (Å²) in [5, 5.41) is 14.8. The summed E-state index contributed by atoms with van der Waals surface area (Å²) in [6.45, 7) is 3.89. The number of hydrogen-bond acceptors (Lipinski definition) is 6. The number of nitriles is 1. The normalized spacial score (nSPS) is 15.7. The quantitative estimate of drug-likeness (QED) is 0.478. The van der Waals surface area contributed by atoms with Gasteiger partial charge in [-0.2, -0.15) is 5.26 Å². The topological polar surface area (TPSA) is 104 Å². The molecule has 168 valence electrons. The van der Waals surface area contributed by atoms with Gasteiger partial charge in [0.1, 0.15) is 6.61 Å². The molecule has 0 fully saturated rings. The summed E-state index contributed by atoms with van der Waals surface area (Å²) >= 11 is 0. The van der Waals surface area contributed by atoms with E-state index in [2.05, 4.69) is 15.6 Å². The van der Waals surface area contributed by atoms with Crippen LogP contribution in [0.2, 0.25) is 0 Å². The second kappa shape index (κ2) is 11.4. The molecule has 2 N–H and O–H groups in total. The van der Waals surface area contributed by atoms with Gasteiger partial charge in [-0.25, -0.2) is 4.79 Å². The van der Waals surface area contributed by atoms with Gasteiger partial charge in [0.15, 0.2) is 0 Å². The van der Waals surface area contributed by atoms with E-state index in [1.807, 2.05) is 54.6 Å². The number of ether oxygens (including phenoxy) is 1. The zero-order chi connectivity index (χ0) is 23.6. The summed E-state index contributed by atoms with van der Waals surface area (Å²) < 4.78 is 5.31. The predicted molar refractivity (Wildman–Crippen MR) is 125 cm³/mol. The SMILES string of the molecule is CC1=C(C(=O)NCC=Cc2ccccc2)C(c2cccnc2)C(C(=O)OCCC#N)=C(C)N1. The highest BCUT2D eigenvalue weighted by Gasteiger charge is 2.37. The number of pyridine rings is 1. The van der Waals surface area contributed by atoms with Crippen LogP contribution in [0.5, 0.6) is 0 Å². The predicted octanol–water partition coefficient (Wildman–Crippen LogP) is 3.60. The van der Waals surface area contributed by atoms with Gasteiger partial charge in [0.2, 0.25) is 5.91 Å². The number of aromatic nitrogens is 1. The number of nitrogens with zero attached hydrogens (tertiary/aromatic N) is 2. The van der Waals surface area contributed by atoms with Gasteiger partial charge in [-0.1, -0.05) is 48.6 Å². The van der Waals surface area contributed by atoms with Gasteiger partial charge in [0, 0.05) is 35.9 Å². The molecule has 1 aromatic heterocycles. The summed E-state index contributed by atoms with van der Waals surface area (Å²) in [5.41, 5.74) is 3.75. The van der Waals surface area contributed by atoms with E-state index < -0.39 is 11.9 Å². The van der Waals surface area contributed by atoms with E-state index in [0.717, 1.165) is 5.56 Å². The van der Waals surface area contributed by atoms with Crippen molar-refractivity contribution in [1.82, 2.24) is 15.6 Å². The van der Waals surface area contributed by atoms with Crippen molar-refractivity contribution in [3.63, 3.8) is 0 Å². The van der Waals surface area contributed by atoms with Crippen LogP contribution in [0.4, 0.5) is 0 Å². The molecule has 0 saturated carbocycles. The van der Waals surface area contributed by atoms with Crippen LogP contribution in [0.1, 0.15) is 37.3 Å². The molecule has 7 nitrogen and oxygen atoms in total. The Morgan fingerprint density at radius 2 is 1.91 bits per heavy atom. The number of amides is 1. The third-order valence-corrected chi connectivity index (χ3v) is 5.18. The largest absolute Gasteiger partial charge is 0.461 e. The Hall–Kier alpha value is -4.18.